The number of rotatable bonds is 6. The molecule has 0 saturated heterocycles. The van der Waals surface area contributed by atoms with Crippen molar-refractivity contribution in [2.24, 2.45) is 17.1 Å². The van der Waals surface area contributed by atoms with Crippen molar-refractivity contribution in [3.63, 3.8) is 0 Å². The molecule has 0 aliphatic carbocycles. The van der Waals surface area contributed by atoms with Crippen LogP contribution in [-0.2, 0) is 4.79 Å². The third-order valence-electron chi connectivity index (χ3n) is 3.02. The summed E-state index contributed by atoms with van der Waals surface area (Å²) < 4.78 is 5.71. The van der Waals surface area contributed by atoms with E-state index in [-0.39, 0.29) is 23.3 Å². The van der Waals surface area contributed by atoms with Crippen molar-refractivity contribution in [3.05, 3.63) is 24.3 Å². The van der Waals surface area contributed by atoms with Gasteiger partial charge in [-0.05, 0) is 37.8 Å². The zero-order chi connectivity index (χ0) is 16.0. The third kappa shape index (κ3) is 6.17. The van der Waals surface area contributed by atoms with Crippen LogP contribution in [0.5, 0.6) is 5.75 Å². The van der Waals surface area contributed by atoms with Gasteiger partial charge in [0.25, 0.3) is 0 Å². The summed E-state index contributed by atoms with van der Waals surface area (Å²) in [7, 11) is 0. The SMILES string of the molecule is CC(C)Oc1ccccc1NC(=O)C(CN)CC(C)(C)C. The summed E-state index contributed by atoms with van der Waals surface area (Å²) >= 11 is 0. The number of amides is 1. The number of para-hydroxylation sites is 2. The molecule has 21 heavy (non-hydrogen) atoms. The molecule has 0 aliphatic heterocycles. The van der Waals surface area contributed by atoms with Crippen LogP contribution in [0, 0.1) is 11.3 Å². The van der Waals surface area contributed by atoms with Crippen molar-refractivity contribution < 1.29 is 9.53 Å². The minimum Gasteiger partial charge on any atom is -0.489 e. The van der Waals surface area contributed by atoms with Crippen LogP contribution >= 0.6 is 0 Å². The van der Waals surface area contributed by atoms with Gasteiger partial charge >= 0.3 is 0 Å². The zero-order valence-corrected chi connectivity index (χ0v) is 13.8. The minimum atomic E-state index is -0.197. The Morgan fingerprint density at radius 2 is 1.90 bits per heavy atom. The summed E-state index contributed by atoms with van der Waals surface area (Å²) in [6, 6.07) is 7.48. The summed E-state index contributed by atoms with van der Waals surface area (Å²) in [5.41, 5.74) is 6.52. The fourth-order valence-electron chi connectivity index (χ4n) is 2.18. The molecular weight excluding hydrogens is 264 g/mol. The van der Waals surface area contributed by atoms with Crippen LogP contribution in [0.4, 0.5) is 5.69 Å². The van der Waals surface area contributed by atoms with Gasteiger partial charge in [-0.1, -0.05) is 32.9 Å². The quantitative estimate of drug-likeness (QED) is 0.844. The van der Waals surface area contributed by atoms with Gasteiger partial charge in [0.15, 0.2) is 0 Å². The molecule has 3 N–H and O–H groups in total. The molecule has 4 heteroatoms. The van der Waals surface area contributed by atoms with E-state index in [1.165, 1.54) is 0 Å². The summed E-state index contributed by atoms with van der Waals surface area (Å²) in [6.45, 7) is 10.6. The highest BCUT2D eigenvalue weighted by atomic mass is 16.5. The standard InChI is InChI=1S/C17H28N2O2/c1-12(2)21-15-9-7-6-8-14(15)19-16(20)13(11-18)10-17(3,4)5/h6-9,12-13H,10-11,18H2,1-5H3,(H,19,20). The van der Waals surface area contributed by atoms with E-state index in [1.54, 1.807) is 0 Å². The van der Waals surface area contributed by atoms with Crippen LogP contribution in [0.2, 0.25) is 0 Å². The van der Waals surface area contributed by atoms with Gasteiger partial charge < -0.3 is 15.8 Å². The van der Waals surface area contributed by atoms with Gasteiger partial charge in [0.2, 0.25) is 5.91 Å². The van der Waals surface area contributed by atoms with Crippen LogP contribution in [0.15, 0.2) is 24.3 Å². The molecule has 1 rings (SSSR count). The molecule has 0 fully saturated rings. The maximum Gasteiger partial charge on any atom is 0.228 e. The summed E-state index contributed by atoms with van der Waals surface area (Å²) in [5, 5.41) is 2.95. The molecule has 1 aromatic rings. The topological polar surface area (TPSA) is 64.3 Å². The first-order valence-electron chi connectivity index (χ1n) is 7.49. The molecule has 0 heterocycles. The molecule has 0 radical (unpaired) electrons. The Balaban J connectivity index is 2.82. The fraction of sp³-hybridized carbons (Fsp3) is 0.588. The molecule has 118 valence electrons. The Morgan fingerprint density at radius 3 is 2.43 bits per heavy atom. The van der Waals surface area contributed by atoms with Gasteiger partial charge in [-0.3, -0.25) is 4.79 Å². The number of benzene rings is 1. The monoisotopic (exact) mass is 292 g/mol. The van der Waals surface area contributed by atoms with Crippen molar-refractivity contribution in [3.8, 4) is 5.75 Å². The van der Waals surface area contributed by atoms with E-state index >= 15 is 0 Å². The molecule has 0 saturated carbocycles. The molecule has 0 aliphatic rings. The van der Waals surface area contributed by atoms with Crippen molar-refractivity contribution in [2.45, 2.75) is 47.1 Å². The molecule has 1 unspecified atom stereocenters. The van der Waals surface area contributed by atoms with E-state index in [2.05, 4.69) is 26.1 Å². The Bertz CT molecular complexity index is 464. The average Bonchev–Trinajstić information content (AvgIpc) is 2.36. The third-order valence-corrected chi connectivity index (χ3v) is 3.02. The molecule has 0 aromatic heterocycles. The van der Waals surface area contributed by atoms with Gasteiger partial charge in [0.1, 0.15) is 5.75 Å². The van der Waals surface area contributed by atoms with Crippen molar-refractivity contribution in [1.29, 1.82) is 0 Å². The molecular formula is C17H28N2O2. The number of hydrogen-bond donors (Lipinski definition) is 2. The first-order chi connectivity index (χ1) is 9.73. The van der Waals surface area contributed by atoms with E-state index in [9.17, 15) is 4.79 Å². The fourth-order valence-corrected chi connectivity index (χ4v) is 2.18. The minimum absolute atomic E-state index is 0.0489. The lowest BCUT2D eigenvalue weighted by molar-refractivity contribution is -0.120. The largest absolute Gasteiger partial charge is 0.489 e. The van der Waals surface area contributed by atoms with Crippen LogP contribution in [0.25, 0.3) is 0 Å². The first kappa shape index (κ1) is 17.5. The highest BCUT2D eigenvalue weighted by molar-refractivity contribution is 5.94. The van der Waals surface area contributed by atoms with E-state index in [0.717, 1.165) is 6.42 Å². The van der Waals surface area contributed by atoms with E-state index in [0.29, 0.717) is 18.0 Å². The average molecular weight is 292 g/mol. The Kier molecular flexibility index (Phi) is 6.21. The summed E-state index contributed by atoms with van der Waals surface area (Å²) in [5.74, 6) is 0.441. The Hall–Kier alpha value is -1.55. The van der Waals surface area contributed by atoms with Crippen LogP contribution in [-0.4, -0.2) is 18.6 Å². The van der Waals surface area contributed by atoms with Crippen molar-refractivity contribution in [1.82, 2.24) is 0 Å². The molecule has 1 aromatic carbocycles. The second kappa shape index (κ2) is 7.46. The van der Waals surface area contributed by atoms with E-state index in [4.69, 9.17) is 10.5 Å². The second-order valence-electron chi connectivity index (χ2n) is 6.85. The van der Waals surface area contributed by atoms with E-state index in [1.807, 2.05) is 38.1 Å². The zero-order valence-electron chi connectivity index (χ0n) is 13.8. The Morgan fingerprint density at radius 1 is 1.29 bits per heavy atom. The lowest BCUT2D eigenvalue weighted by Crippen LogP contribution is -2.32. The number of carbonyl (C=O) groups is 1. The summed E-state index contributed by atoms with van der Waals surface area (Å²) in [6.07, 6.45) is 0.811. The van der Waals surface area contributed by atoms with Gasteiger partial charge in [-0.2, -0.15) is 0 Å². The molecule has 0 spiro atoms. The number of anilines is 1. The van der Waals surface area contributed by atoms with E-state index < -0.39 is 0 Å². The van der Waals surface area contributed by atoms with Crippen LogP contribution < -0.4 is 15.8 Å². The van der Waals surface area contributed by atoms with Crippen LogP contribution in [0.3, 0.4) is 0 Å². The van der Waals surface area contributed by atoms with Gasteiger partial charge in [-0.15, -0.1) is 0 Å². The van der Waals surface area contributed by atoms with Crippen LogP contribution in [0.1, 0.15) is 41.0 Å². The second-order valence-corrected chi connectivity index (χ2v) is 6.85. The molecule has 1 atom stereocenters. The number of nitrogens with two attached hydrogens (primary N) is 1. The maximum atomic E-state index is 12.4. The van der Waals surface area contributed by atoms with Crippen molar-refractivity contribution in [2.75, 3.05) is 11.9 Å². The number of ether oxygens (including phenoxy) is 1. The molecule has 0 bridgehead atoms. The summed E-state index contributed by atoms with van der Waals surface area (Å²) in [4.78, 5) is 12.4. The van der Waals surface area contributed by atoms with Gasteiger partial charge in [0.05, 0.1) is 17.7 Å². The number of nitrogens with one attached hydrogen (secondary N) is 1. The lowest BCUT2D eigenvalue weighted by atomic mass is 9.84. The highest BCUT2D eigenvalue weighted by Gasteiger charge is 2.24. The predicted molar refractivity (Wildman–Crippen MR) is 87.5 cm³/mol. The first-order valence-corrected chi connectivity index (χ1v) is 7.49. The predicted octanol–water partition coefficient (Wildman–Crippen LogP) is 3.42. The molecule has 4 nitrogen and oxygen atoms in total. The van der Waals surface area contributed by atoms with Crippen molar-refractivity contribution >= 4 is 11.6 Å². The van der Waals surface area contributed by atoms with Gasteiger partial charge in [0, 0.05) is 6.54 Å². The molecule has 1 amide bonds. The highest BCUT2D eigenvalue weighted by Crippen LogP contribution is 2.28. The smallest absolute Gasteiger partial charge is 0.228 e. The number of carbonyl (C=O) groups excluding carboxylic acids is 1. The van der Waals surface area contributed by atoms with Gasteiger partial charge in [-0.25, -0.2) is 0 Å². The lowest BCUT2D eigenvalue weighted by Gasteiger charge is -2.24. The maximum absolute atomic E-state index is 12.4. The Labute approximate surface area is 128 Å². The number of hydrogen-bond acceptors (Lipinski definition) is 3. The normalized spacial score (nSPS) is 13.1.